The Bertz CT molecular complexity index is 878. The summed E-state index contributed by atoms with van der Waals surface area (Å²) in [5.41, 5.74) is 0.396. The van der Waals surface area contributed by atoms with Crippen LogP contribution in [0.1, 0.15) is 53.1 Å². The van der Waals surface area contributed by atoms with E-state index in [9.17, 15) is 14.7 Å². The van der Waals surface area contributed by atoms with Gasteiger partial charge in [-0.15, -0.1) is 0 Å². The fourth-order valence-corrected chi connectivity index (χ4v) is 3.29. The Morgan fingerprint density at radius 3 is 2.54 bits per heavy atom. The zero-order chi connectivity index (χ0) is 19.1. The van der Waals surface area contributed by atoms with Crippen LogP contribution in [0.5, 0.6) is 5.75 Å². The molecule has 1 aliphatic heterocycles. The van der Waals surface area contributed by atoms with Crippen molar-refractivity contribution in [1.82, 2.24) is 5.32 Å². The molecule has 5 nitrogen and oxygen atoms in total. The summed E-state index contributed by atoms with van der Waals surface area (Å²) in [6.07, 6.45) is -1.000. The van der Waals surface area contributed by atoms with Crippen LogP contribution < -0.4 is 10.1 Å². The molecule has 3 rings (SSSR count). The van der Waals surface area contributed by atoms with Crippen molar-refractivity contribution >= 4 is 23.3 Å². The SMILES string of the molecule is CC(=O)c1cccc2c1OC(C)(C)[C@@H](O)[C@@H]2NC(=O)c1cccc(Cl)c1. The number of benzene rings is 2. The maximum atomic E-state index is 12.7. The Balaban J connectivity index is 2.02. The van der Waals surface area contributed by atoms with E-state index in [1.54, 1.807) is 56.3 Å². The first kappa shape index (κ1) is 18.4. The minimum absolute atomic E-state index is 0.144. The van der Waals surface area contributed by atoms with Gasteiger partial charge in [0.15, 0.2) is 5.78 Å². The van der Waals surface area contributed by atoms with E-state index in [0.717, 1.165) is 0 Å². The molecule has 2 aromatic carbocycles. The lowest BCUT2D eigenvalue weighted by Crippen LogP contribution is -2.53. The normalized spacial score (nSPS) is 20.7. The zero-order valence-corrected chi connectivity index (χ0v) is 15.5. The van der Waals surface area contributed by atoms with Crippen LogP contribution in [0.3, 0.4) is 0 Å². The fraction of sp³-hybridized carbons (Fsp3) is 0.300. The van der Waals surface area contributed by atoms with Crippen molar-refractivity contribution in [3.8, 4) is 5.75 Å². The molecule has 0 fully saturated rings. The number of aliphatic hydroxyl groups excluding tert-OH is 1. The van der Waals surface area contributed by atoms with E-state index in [-0.39, 0.29) is 11.7 Å². The lowest BCUT2D eigenvalue weighted by Gasteiger charge is -2.42. The van der Waals surface area contributed by atoms with Crippen LogP contribution in [-0.2, 0) is 0 Å². The number of ether oxygens (including phenoxy) is 1. The first-order chi connectivity index (χ1) is 12.2. The number of fused-ring (bicyclic) bond motifs is 1. The molecular formula is C20H20ClNO4. The summed E-state index contributed by atoms with van der Waals surface area (Å²) in [5.74, 6) is -0.117. The summed E-state index contributed by atoms with van der Waals surface area (Å²) in [6.45, 7) is 4.89. The molecule has 1 aliphatic rings. The number of ketones is 1. The van der Waals surface area contributed by atoms with E-state index in [2.05, 4.69) is 5.32 Å². The fourth-order valence-electron chi connectivity index (χ4n) is 3.10. The van der Waals surface area contributed by atoms with Crippen LogP contribution in [-0.4, -0.2) is 28.5 Å². The van der Waals surface area contributed by atoms with E-state index >= 15 is 0 Å². The average molecular weight is 374 g/mol. The Kier molecular flexibility index (Phi) is 4.78. The van der Waals surface area contributed by atoms with Gasteiger partial charge in [0.2, 0.25) is 0 Å². The Morgan fingerprint density at radius 1 is 1.19 bits per heavy atom. The molecule has 6 heteroatoms. The van der Waals surface area contributed by atoms with Gasteiger partial charge in [0.1, 0.15) is 17.5 Å². The van der Waals surface area contributed by atoms with Crippen molar-refractivity contribution in [3.05, 3.63) is 64.2 Å². The van der Waals surface area contributed by atoms with E-state index in [1.165, 1.54) is 6.92 Å². The van der Waals surface area contributed by atoms with Gasteiger partial charge in [-0.1, -0.05) is 29.8 Å². The van der Waals surface area contributed by atoms with Crippen LogP contribution in [0.15, 0.2) is 42.5 Å². The molecule has 0 saturated carbocycles. The van der Waals surface area contributed by atoms with Crippen LogP contribution in [0.4, 0.5) is 0 Å². The maximum Gasteiger partial charge on any atom is 0.251 e. The third-order valence-corrected chi connectivity index (χ3v) is 4.76. The summed E-state index contributed by atoms with van der Waals surface area (Å²) in [4.78, 5) is 24.6. The molecule has 2 atom stereocenters. The highest BCUT2D eigenvalue weighted by molar-refractivity contribution is 6.30. The summed E-state index contributed by atoms with van der Waals surface area (Å²) in [5, 5.41) is 14.1. The number of nitrogens with one attached hydrogen (secondary N) is 1. The molecule has 0 spiro atoms. The number of Topliss-reactive ketones (excluding diaryl/α,β-unsaturated/α-hetero) is 1. The summed E-state index contributed by atoms with van der Waals surface area (Å²) < 4.78 is 5.92. The van der Waals surface area contributed by atoms with Gasteiger partial charge in [-0.25, -0.2) is 0 Å². The molecule has 26 heavy (non-hydrogen) atoms. The van der Waals surface area contributed by atoms with Crippen molar-refractivity contribution in [2.75, 3.05) is 0 Å². The number of carbonyl (C=O) groups is 2. The number of amides is 1. The molecule has 0 radical (unpaired) electrons. The van der Waals surface area contributed by atoms with E-state index in [1.807, 2.05) is 0 Å². The Labute approximate surface area is 156 Å². The molecule has 0 aromatic heterocycles. The second kappa shape index (κ2) is 6.74. The molecule has 0 aliphatic carbocycles. The molecule has 0 unspecified atom stereocenters. The molecule has 2 N–H and O–H groups in total. The number of rotatable bonds is 3. The zero-order valence-electron chi connectivity index (χ0n) is 14.7. The largest absolute Gasteiger partial charge is 0.484 e. The lowest BCUT2D eigenvalue weighted by molar-refractivity contribution is -0.0630. The number of carbonyl (C=O) groups excluding carboxylic acids is 2. The standard InChI is InChI=1S/C20H20ClNO4/c1-11(23)14-8-5-9-15-16(18(24)20(2,3)26-17(14)15)22-19(25)12-6-4-7-13(21)10-12/h4-10,16,18,24H,1-3H3,(H,22,25)/t16-,18+/m1/s1. The lowest BCUT2D eigenvalue weighted by atomic mass is 9.85. The maximum absolute atomic E-state index is 12.7. The van der Waals surface area contributed by atoms with Crippen molar-refractivity contribution in [2.24, 2.45) is 0 Å². The second-order valence-corrected chi connectivity index (χ2v) is 7.33. The predicted octanol–water partition coefficient (Wildman–Crippen LogP) is 3.55. The summed E-state index contributed by atoms with van der Waals surface area (Å²) in [6, 6.07) is 11.0. The molecule has 0 bridgehead atoms. The molecule has 0 saturated heterocycles. The van der Waals surface area contributed by atoms with Crippen molar-refractivity contribution in [1.29, 1.82) is 0 Å². The number of hydrogen-bond donors (Lipinski definition) is 2. The predicted molar refractivity (Wildman–Crippen MR) is 98.8 cm³/mol. The quantitative estimate of drug-likeness (QED) is 0.807. The first-order valence-corrected chi connectivity index (χ1v) is 8.66. The van der Waals surface area contributed by atoms with Gasteiger partial charge in [-0.05, 0) is 45.0 Å². The van der Waals surface area contributed by atoms with E-state index in [4.69, 9.17) is 16.3 Å². The Morgan fingerprint density at radius 2 is 1.88 bits per heavy atom. The highest BCUT2D eigenvalue weighted by atomic mass is 35.5. The van der Waals surface area contributed by atoms with Gasteiger partial charge in [0, 0.05) is 16.1 Å². The third-order valence-electron chi connectivity index (χ3n) is 4.53. The highest BCUT2D eigenvalue weighted by Crippen LogP contribution is 2.42. The second-order valence-electron chi connectivity index (χ2n) is 6.89. The smallest absolute Gasteiger partial charge is 0.251 e. The number of aliphatic hydroxyl groups is 1. The minimum atomic E-state index is -1.000. The average Bonchev–Trinajstić information content (AvgIpc) is 2.58. The molecule has 1 heterocycles. The van der Waals surface area contributed by atoms with Gasteiger partial charge < -0.3 is 15.2 Å². The Hall–Kier alpha value is -2.37. The van der Waals surface area contributed by atoms with Crippen LogP contribution >= 0.6 is 11.6 Å². The topological polar surface area (TPSA) is 75.6 Å². The monoisotopic (exact) mass is 373 g/mol. The van der Waals surface area contributed by atoms with Crippen LogP contribution in [0.25, 0.3) is 0 Å². The minimum Gasteiger partial charge on any atom is -0.484 e. The molecule has 2 aromatic rings. The highest BCUT2D eigenvalue weighted by Gasteiger charge is 2.44. The van der Waals surface area contributed by atoms with Crippen molar-refractivity contribution < 1.29 is 19.4 Å². The van der Waals surface area contributed by atoms with Crippen molar-refractivity contribution in [2.45, 2.75) is 38.5 Å². The van der Waals surface area contributed by atoms with Gasteiger partial charge in [-0.3, -0.25) is 9.59 Å². The van der Waals surface area contributed by atoms with Crippen LogP contribution in [0.2, 0.25) is 5.02 Å². The van der Waals surface area contributed by atoms with Gasteiger partial charge in [0.05, 0.1) is 11.6 Å². The van der Waals surface area contributed by atoms with E-state index < -0.39 is 17.7 Å². The molecular weight excluding hydrogens is 354 g/mol. The number of para-hydroxylation sites is 1. The number of halogens is 1. The summed E-state index contributed by atoms with van der Waals surface area (Å²) in [7, 11) is 0. The van der Waals surface area contributed by atoms with Gasteiger partial charge in [0.25, 0.3) is 5.91 Å². The van der Waals surface area contributed by atoms with Gasteiger partial charge >= 0.3 is 0 Å². The van der Waals surface area contributed by atoms with E-state index in [0.29, 0.717) is 27.5 Å². The summed E-state index contributed by atoms with van der Waals surface area (Å²) >= 11 is 5.96. The molecule has 1 amide bonds. The van der Waals surface area contributed by atoms with Crippen molar-refractivity contribution in [3.63, 3.8) is 0 Å². The first-order valence-electron chi connectivity index (χ1n) is 8.28. The van der Waals surface area contributed by atoms with Crippen LogP contribution in [0, 0.1) is 0 Å². The number of hydrogen-bond acceptors (Lipinski definition) is 4. The van der Waals surface area contributed by atoms with Gasteiger partial charge in [-0.2, -0.15) is 0 Å². The third kappa shape index (κ3) is 3.32. The molecule has 136 valence electrons.